The topological polar surface area (TPSA) is 12.9 Å². The van der Waals surface area contributed by atoms with Gasteiger partial charge in [0.1, 0.15) is 5.03 Å². The van der Waals surface area contributed by atoms with Gasteiger partial charge in [0.05, 0.1) is 9.52 Å². The van der Waals surface area contributed by atoms with Crippen LogP contribution in [0.15, 0.2) is 98.7 Å². The summed E-state index contributed by atoms with van der Waals surface area (Å²) in [5, 5.41) is 4.29. The van der Waals surface area contributed by atoms with E-state index in [1.165, 1.54) is 36.9 Å². The summed E-state index contributed by atoms with van der Waals surface area (Å²) in [4.78, 5) is 8.80. The fraction of sp³-hybridized carbons (Fsp3) is 0.0417. The molecule has 0 amide bonds. The molecule has 4 heteroatoms. The van der Waals surface area contributed by atoms with Crippen LogP contribution in [0.4, 0.5) is 0 Å². The number of hydrogen-bond donors (Lipinski definition) is 0. The monoisotopic (exact) mass is 411 g/mol. The molecule has 0 aliphatic carbocycles. The number of hydrogen-bond acceptors (Lipinski definition) is 3. The highest BCUT2D eigenvalue weighted by Crippen LogP contribution is 2.40. The molecule has 0 radical (unpaired) electrons. The summed E-state index contributed by atoms with van der Waals surface area (Å²) in [5.74, 6) is 0. The Labute approximate surface area is 175 Å². The summed E-state index contributed by atoms with van der Waals surface area (Å²) in [6, 6.07) is 27.1. The predicted octanol–water partition coefficient (Wildman–Crippen LogP) is 4.39. The van der Waals surface area contributed by atoms with E-state index in [1.807, 2.05) is 24.0 Å². The van der Waals surface area contributed by atoms with Crippen molar-refractivity contribution in [3.8, 4) is 11.1 Å². The standard InChI is InChI=1S/C24H17NS2Si/c1-2-6-22-19(5-1)26-21-14-16(9-10-23(21)28-22)15-7-8-17-12-18-4-3-11-25-24(18)27-20(17)13-15/h1-11,13-14H,12,28H2. The fourth-order valence-corrected chi connectivity index (χ4v) is 8.34. The van der Waals surface area contributed by atoms with Crippen molar-refractivity contribution < 1.29 is 0 Å². The maximum atomic E-state index is 4.56. The van der Waals surface area contributed by atoms with Gasteiger partial charge in [0.15, 0.2) is 0 Å². The van der Waals surface area contributed by atoms with Crippen molar-refractivity contribution >= 4 is 43.4 Å². The molecular formula is C24H17NS2Si. The van der Waals surface area contributed by atoms with E-state index in [0.717, 1.165) is 11.4 Å². The van der Waals surface area contributed by atoms with Gasteiger partial charge in [-0.1, -0.05) is 72.1 Å². The lowest BCUT2D eigenvalue weighted by Gasteiger charge is -2.21. The second-order valence-electron chi connectivity index (χ2n) is 7.28. The molecule has 6 rings (SSSR count). The van der Waals surface area contributed by atoms with Gasteiger partial charge < -0.3 is 0 Å². The molecule has 4 aromatic rings. The summed E-state index contributed by atoms with van der Waals surface area (Å²) in [6.07, 6.45) is 2.87. The minimum absolute atomic E-state index is 0.370. The van der Waals surface area contributed by atoms with Crippen molar-refractivity contribution in [3.05, 3.63) is 90.1 Å². The summed E-state index contributed by atoms with van der Waals surface area (Å²) >= 11 is 3.73. The summed E-state index contributed by atoms with van der Waals surface area (Å²) < 4.78 is 0. The third-order valence-electron chi connectivity index (χ3n) is 5.48. The zero-order valence-electron chi connectivity index (χ0n) is 15.2. The SMILES string of the molecule is c1cnc2c(c1)Cc1ccc(-c3ccc4c(c3)Sc3ccccc3[SiH2]4)cc1S2. The van der Waals surface area contributed by atoms with Crippen LogP contribution in [-0.4, -0.2) is 14.5 Å². The van der Waals surface area contributed by atoms with Crippen molar-refractivity contribution in [2.24, 2.45) is 0 Å². The zero-order valence-corrected chi connectivity index (χ0v) is 18.2. The van der Waals surface area contributed by atoms with Crippen LogP contribution < -0.4 is 10.4 Å². The highest BCUT2D eigenvalue weighted by atomic mass is 32.2. The highest BCUT2D eigenvalue weighted by molar-refractivity contribution is 8.00. The van der Waals surface area contributed by atoms with Gasteiger partial charge in [-0.25, -0.2) is 4.98 Å². The van der Waals surface area contributed by atoms with Crippen LogP contribution in [0.25, 0.3) is 11.1 Å². The lowest BCUT2D eigenvalue weighted by atomic mass is 10.0. The lowest BCUT2D eigenvalue weighted by Crippen LogP contribution is -2.33. The van der Waals surface area contributed by atoms with Crippen LogP contribution in [0.5, 0.6) is 0 Å². The number of fused-ring (bicyclic) bond motifs is 4. The number of benzene rings is 3. The number of aromatic nitrogens is 1. The Morgan fingerprint density at radius 1 is 0.679 bits per heavy atom. The van der Waals surface area contributed by atoms with E-state index in [1.54, 1.807) is 22.1 Å². The average molecular weight is 412 g/mol. The molecule has 0 bridgehead atoms. The predicted molar refractivity (Wildman–Crippen MR) is 121 cm³/mol. The van der Waals surface area contributed by atoms with E-state index < -0.39 is 0 Å². The van der Waals surface area contributed by atoms with Crippen LogP contribution in [0, 0.1) is 0 Å². The Kier molecular flexibility index (Phi) is 3.96. The van der Waals surface area contributed by atoms with Crippen LogP contribution in [0.2, 0.25) is 0 Å². The van der Waals surface area contributed by atoms with Crippen molar-refractivity contribution in [2.45, 2.75) is 26.1 Å². The van der Waals surface area contributed by atoms with Crippen LogP contribution in [0.3, 0.4) is 0 Å². The maximum Gasteiger partial charge on any atom is 0.104 e. The van der Waals surface area contributed by atoms with Gasteiger partial charge in [0.2, 0.25) is 0 Å². The van der Waals surface area contributed by atoms with Crippen LogP contribution in [-0.2, 0) is 6.42 Å². The molecule has 0 fully saturated rings. The molecule has 0 N–H and O–H groups in total. The van der Waals surface area contributed by atoms with Crippen molar-refractivity contribution in [2.75, 3.05) is 0 Å². The van der Waals surface area contributed by atoms with Gasteiger partial charge in [-0.3, -0.25) is 0 Å². The van der Waals surface area contributed by atoms with Crippen molar-refractivity contribution in [1.29, 1.82) is 0 Å². The van der Waals surface area contributed by atoms with E-state index in [4.69, 9.17) is 0 Å². The largest absolute Gasteiger partial charge is 0.249 e. The fourth-order valence-electron chi connectivity index (χ4n) is 3.98. The van der Waals surface area contributed by atoms with Gasteiger partial charge in [-0.15, -0.1) is 0 Å². The Hall–Kier alpha value is -2.27. The summed E-state index contributed by atoms with van der Waals surface area (Å²) in [7, 11) is -0.370. The molecule has 0 saturated heterocycles. The van der Waals surface area contributed by atoms with Gasteiger partial charge in [-0.05, 0) is 56.9 Å². The lowest BCUT2D eigenvalue weighted by molar-refractivity contribution is 0.977. The first-order valence-corrected chi connectivity index (χ1v) is 12.5. The molecule has 1 aromatic heterocycles. The normalized spacial score (nSPS) is 14.7. The van der Waals surface area contributed by atoms with Crippen LogP contribution >= 0.6 is 23.5 Å². The third kappa shape index (κ3) is 2.84. The van der Waals surface area contributed by atoms with E-state index >= 15 is 0 Å². The number of rotatable bonds is 1. The Morgan fingerprint density at radius 3 is 2.46 bits per heavy atom. The summed E-state index contributed by atoms with van der Waals surface area (Å²) in [6.45, 7) is 0. The molecule has 134 valence electrons. The summed E-state index contributed by atoms with van der Waals surface area (Å²) in [5.41, 5.74) is 5.36. The average Bonchev–Trinajstić information content (AvgIpc) is 2.75. The first-order valence-electron chi connectivity index (χ1n) is 9.47. The molecule has 1 nitrogen and oxygen atoms in total. The number of pyridine rings is 1. The molecule has 3 aromatic carbocycles. The third-order valence-corrected chi connectivity index (χ3v) is 10.4. The Balaban J connectivity index is 1.36. The smallest absolute Gasteiger partial charge is 0.104 e. The van der Waals surface area contributed by atoms with E-state index in [2.05, 4.69) is 71.7 Å². The molecule has 28 heavy (non-hydrogen) atoms. The van der Waals surface area contributed by atoms with Gasteiger partial charge in [-0.2, -0.15) is 0 Å². The Morgan fingerprint density at radius 2 is 1.50 bits per heavy atom. The van der Waals surface area contributed by atoms with Crippen molar-refractivity contribution in [3.63, 3.8) is 0 Å². The Bertz CT molecular complexity index is 1140. The second kappa shape index (κ2) is 6.66. The zero-order chi connectivity index (χ0) is 18.5. The van der Waals surface area contributed by atoms with E-state index in [0.29, 0.717) is 0 Å². The molecule has 2 aliphatic rings. The molecule has 0 unspecified atom stereocenters. The van der Waals surface area contributed by atoms with Crippen molar-refractivity contribution in [1.82, 2.24) is 4.98 Å². The van der Waals surface area contributed by atoms with E-state index in [9.17, 15) is 0 Å². The minimum atomic E-state index is -0.370. The molecule has 0 atom stereocenters. The molecule has 0 spiro atoms. The quantitative estimate of drug-likeness (QED) is 0.373. The molecule has 3 heterocycles. The minimum Gasteiger partial charge on any atom is -0.249 e. The first kappa shape index (κ1) is 16.7. The maximum absolute atomic E-state index is 4.56. The van der Waals surface area contributed by atoms with Crippen LogP contribution in [0.1, 0.15) is 11.1 Å². The highest BCUT2D eigenvalue weighted by Gasteiger charge is 2.19. The second-order valence-corrected chi connectivity index (χ2v) is 11.3. The van der Waals surface area contributed by atoms with Gasteiger partial charge >= 0.3 is 0 Å². The molecule has 2 aliphatic heterocycles. The molecular weight excluding hydrogens is 394 g/mol. The van der Waals surface area contributed by atoms with Gasteiger partial charge in [0, 0.05) is 27.3 Å². The van der Waals surface area contributed by atoms with Gasteiger partial charge in [0.25, 0.3) is 0 Å². The molecule has 0 saturated carbocycles. The first-order chi connectivity index (χ1) is 13.8. The number of nitrogens with zero attached hydrogens (tertiary/aromatic N) is 1. The van der Waals surface area contributed by atoms with E-state index in [-0.39, 0.29) is 9.52 Å².